The number of guanidine groups is 1. The highest BCUT2D eigenvalue weighted by Gasteiger charge is 1.99. The topological polar surface area (TPSA) is 59.6 Å². The molecular formula is C17H29N3O. The van der Waals surface area contributed by atoms with E-state index in [1.54, 1.807) is 0 Å². The Balaban J connectivity index is 2.34. The third kappa shape index (κ3) is 8.23. The summed E-state index contributed by atoms with van der Waals surface area (Å²) in [6, 6.07) is 7.74. The van der Waals surface area contributed by atoms with Gasteiger partial charge >= 0.3 is 0 Å². The van der Waals surface area contributed by atoms with Crippen LogP contribution in [-0.2, 0) is 0 Å². The number of aliphatic imine (C=N–C) groups is 1. The third-order valence-electron chi connectivity index (χ3n) is 2.97. The Morgan fingerprint density at radius 3 is 2.38 bits per heavy atom. The van der Waals surface area contributed by atoms with Gasteiger partial charge in [-0.3, -0.25) is 4.99 Å². The fourth-order valence-electron chi connectivity index (χ4n) is 1.94. The SMILES string of the molecule is CC(C)CCCCN=C(N)Nc1ccc(OC(C)C)cc1. The van der Waals surface area contributed by atoms with Crippen molar-refractivity contribution in [3.05, 3.63) is 24.3 Å². The first-order valence-electron chi connectivity index (χ1n) is 7.81. The summed E-state index contributed by atoms with van der Waals surface area (Å²) in [5.74, 6) is 2.09. The summed E-state index contributed by atoms with van der Waals surface area (Å²) in [5.41, 5.74) is 6.80. The molecule has 4 nitrogen and oxygen atoms in total. The van der Waals surface area contributed by atoms with Gasteiger partial charge in [-0.15, -0.1) is 0 Å². The highest BCUT2D eigenvalue weighted by Crippen LogP contribution is 2.16. The van der Waals surface area contributed by atoms with Gasteiger partial charge in [0.1, 0.15) is 5.75 Å². The van der Waals surface area contributed by atoms with Gasteiger partial charge in [-0.25, -0.2) is 0 Å². The van der Waals surface area contributed by atoms with E-state index in [0.29, 0.717) is 5.96 Å². The third-order valence-corrected chi connectivity index (χ3v) is 2.97. The molecule has 0 unspecified atom stereocenters. The zero-order valence-corrected chi connectivity index (χ0v) is 13.7. The quantitative estimate of drug-likeness (QED) is 0.432. The lowest BCUT2D eigenvalue weighted by Crippen LogP contribution is -2.22. The summed E-state index contributed by atoms with van der Waals surface area (Å²) >= 11 is 0. The van der Waals surface area contributed by atoms with Gasteiger partial charge < -0.3 is 15.8 Å². The van der Waals surface area contributed by atoms with Gasteiger partial charge in [-0.05, 0) is 50.5 Å². The summed E-state index contributed by atoms with van der Waals surface area (Å²) in [5, 5.41) is 3.09. The Labute approximate surface area is 128 Å². The number of nitrogens with zero attached hydrogens (tertiary/aromatic N) is 1. The van der Waals surface area contributed by atoms with E-state index in [0.717, 1.165) is 30.3 Å². The largest absolute Gasteiger partial charge is 0.491 e. The molecule has 0 fully saturated rings. The number of unbranched alkanes of at least 4 members (excludes halogenated alkanes) is 1. The fraction of sp³-hybridized carbons (Fsp3) is 0.588. The van der Waals surface area contributed by atoms with Gasteiger partial charge in [0.25, 0.3) is 0 Å². The Morgan fingerprint density at radius 1 is 1.14 bits per heavy atom. The molecule has 0 saturated heterocycles. The summed E-state index contributed by atoms with van der Waals surface area (Å²) < 4.78 is 5.60. The lowest BCUT2D eigenvalue weighted by molar-refractivity contribution is 0.242. The number of nitrogens with one attached hydrogen (secondary N) is 1. The van der Waals surface area contributed by atoms with Crippen molar-refractivity contribution in [3.8, 4) is 5.75 Å². The maximum absolute atomic E-state index is 5.87. The van der Waals surface area contributed by atoms with E-state index in [9.17, 15) is 0 Å². The molecule has 1 aromatic carbocycles. The molecule has 118 valence electrons. The number of anilines is 1. The van der Waals surface area contributed by atoms with Crippen molar-refractivity contribution in [2.75, 3.05) is 11.9 Å². The molecule has 1 rings (SSSR count). The zero-order valence-electron chi connectivity index (χ0n) is 13.7. The molecule has 4 heteroatoms. The number of rotatable bonds is 8. The van der Waals surface area contributed by atoms with Crippen molar-refractivity contribution in [1.82, 2.24) is 0 Å². The van der Waals surface area contributed by atoms with Crippen LogP contribution in [0.1, 0.15) is 47.0 Å². The molecule has 0 aromatic heterocycles. The predicted molar refractivity (Wildman–Crippen MR) is 91.0 cm³/mol. The van der Waals surface area contributed by atoms with E-state index in [1.807, 2.05) is 38.1 Å². The van der Waals surface area contributed by atoms with Gasteiger partial charge in [0, 0.05) is 12.2 Å². The molecule has 1 aromatic rings. The van der Waals surface area contributed by atoms with Gasteiger partial charge in [-0.2, -0.15) is 0 Å². The first-order valence-corrected chi connectivity index (χ1v) is 7.81. The monoisotopic (exact) mass is 291 g/mol. The van der Waals surface area contributed by atoms with Crippen LogP contribution in [0.25, 0.3) is 0 Å². The van der Waals surface area contributed by atoms with Crippen LogP contribution in [0.5, 0.6) is 5.75 Å². The van der Waals surface area contributed by atoms with Crippen molar-refractivity contribution in [3.63, 3.8) is 0 Å². The van der Waals surface area contributed by atoms with E-state index in [-0.39, 0.29) is 6.10 Å². The van der Waals surface area contributed by atoms with Gasteiger partial charge in [0.15, 0.2) is 5.96 Å². The summed E-state index contributed by atoms with van der Waals surface area (Å²) in [4.78, 5) is 4.34. The number of benzene rings is 1. The summed E-state index contributed by atoms with van der Waals surface area (Å²) in [6.45, 7) is 9.28. The maximum atomic E-state index is 5.87. The average Bonchev–Trinajstić information content (AvgIpc) is 2.39. The molecule has 0 atom stereocenters. The summed E-state index contributed by atoms with van der Waals surface area (Å²) in [6.07, 6.45) is 3.72. The van der Waals surface area contributed by atoms with E-state index >= 15 is 0 Å². The van der Waals surface area contributed by atoms with Crippen LogP contribution < -0.4 is 15.8 Å². The first-order chi connectivity index (χ1) is 9.97. The van der Waals surface area contributed by atoms with Crippen LogP contribution in [0.2, 0.25) is 0 Å². The minimum atomic E-state index is 0.182. The Hall–Kier alpha value is -1.71. The second kappa shape index (κ2) is 9.27. The molecule has 0 bridgehead atoms. The molecule has 0 radical (unpaired) electrons. The molecule has 0 saturated carbocycles. The fourth-order valence-corrected chi connectivity index (χ4v) is 1.94. The maximum Gasteiger partial charge on any atom is 0.193 e. The standard InChI is InChI=1S/C17H29N3O/c1-13(2)7-5-6-12-19-17(18)20-15-8-10-16(11-9-15)21-14(3)4/h8-11,13-14H,5-7,12H2,1-4H3,(H3,18,19,20). The van der Waals surface area contributed by atoms with E-state index in [2.05, 4.69) is 24.2 Å². The Morgan fingerprint density at radius 2 is 1.81 bits per heavy atom. The van der Waals surface area contributed by atoms with Crippen LogP contribution in [0.15, 0.2) is 29.3 Å². The number of hydrogen-bond donors (Lipinski definition) is 2. The minimum Gasteiger partial charge on any atom is -0.491 e. The lowest BCUT2D eigenvalue weighted by atomic mass is 10.1. The van der Waals surface area contributed by atoms with Crippen LogP contribution in [0, 0.1) is 5.92 Å². The Bertz CT molecular complexity index is 424. The normalized spacial score (nSPS) is 12.0. The molecule has 0 amide bonds. The van der Waals surface area contributed by atoms with Gasteiger partial charge in [0.05, 0.1) is 6.10 Å². The average molecular weight is 291 g/mol. The molecule has 0 spiro atoms. The Kier molecular flexibility index (Phi) is 7.65. The molecule has 0 heterocycles. The lowest BCUT2D eigenvalue weighted by Gasteiger charge is -2.11. The molecule has 3 N–H and O–H groups in total. The molecule has 21 heavy (non-hydrogen) atoms. The van der Waals surface area contributed by atoms with Crippen LogP contribution >= 0.6 is 0 Å². The molecule has 0 aliphatic rings. The number of nitrogens with two attached hydrogens (primary N) is 1. The molecular weight excluding hydrogens is 262 g/mol. The molecule has 0 aliphatic carbocycles. The molecule has 0 aliphatic heterocycles. The number of ether oxygens (including phenoxy) is 1. The predicted octanol–water partition coefficient (Wildman–Crippen LogP) is 4.03. The van der Waals surface area contributed by atoms with E-state index in [4.69, 9.17) is 10.5 Å². The van der Waals surface area contributed by atoms with E-state index in [1.165, 1.54) is 12.8 Å². The van der Waals surface area contributed by atoms with E-state index < -0.39 is 0 Å². The van der Waals surface area contributed by atoms with Gasteiger partial charge in [-0.1, -0.05) is 26.7 Å². The van der Waals surface area contributed by atoms with Gasteiger partial charge in [0.2, 0.25) is 0 Å². The van der Waals surface area contributed by atoms with Crippen molar-refractivity contribution in [1.29, 1.82) is 0 Å². The highest BCUT2D eigenvalue weighted by molar-refractivity contribution is 5.92. The zero-order chi connectivity index (χ0) is 15.7. The van der Waals surface area contributed by atoms with Crippen LogP contribution in [0.3, 0.4) is 0 Å². The highest BCUT2D eigenvalue weighted by atomic mass is 16.5. The van der Waals surface area contributed by atoms with Crippen molar-refractivity contribution in [2.24, 2.45) is 16.6 Å². The first kappa shape index (κ1) is 17.3. The van der Waals surface area contributed by atoms with Crippen molar-refractivity contribution >= 4 is 11.6 Å². The van der Waals surface area contributed by atoms with Crippen molar-refractivity contribution < 1.29 is 4.74 Å². The van der Waals surface area contributed by atoms with Crippen LogP contribution in [-0.4, -0.2) is 18.6 Å². The number of hydrogen-bond acceptors (Lipinski definition) is 2. The second-order valence-corrected chi connectivity index (χ2v) is 5.97. The van der Waals surface area contributed by atoms with Crippen molar-refractivity contribution in [2.45, 2.75) is 53.1 Å². The minimum absolute atomic E-state index is 0.182. The smallest absolute Gasteiger partial charge is 0.193 e. The second-order valence-electron chi connectivity index (χ2n) is 5.97. The summed E-state index contributed by atoms with van der Waals surface area (Å²) in [7, 11) is 0. The van der Waals surface area contributed by atoms with Crippen LogP contribution in [0.4, 0.5) is 5.69 Å².